The summed E-state index contributed by atoms with van der Waals surface area (Å²) in [7, 11) is 0. The molecule has 17 heavy (non-hydrogen) atoms. The minimum Gasteiger partial charge on any atom is -0.392 e. The Labute approximate surface area is 104 Å². The fourth-order valence-electron chi connectivity index (χ4n) is 2.97. The molecule has 1 aliphatic carbocycles. The highest BCUT2D eigenvalue weighted by atomic mass is 16.3. The van der Waals surface area contributed by atoms with Crippen LogP contribution in [0, 0.1) is 5.92 Å². The number of aliphatic hydroxyl groups is 1. The van der Waals surface area contributed by atoms with Gasteiger partial charge in [0.25, 0.3) is 0 Å². The highest BCUT2D eigenvalue weighted by Crippen LogP contribution is 2.32. The van der Waals surface area contributed by atoms with E-state index in [2.05, 4.69) is 12.1 Å². The fraction of sp³-hybridized carbons (Fsp3) is 0.600. The number of hydrogen-bond acceptors (Lipinski definition) is 2. The molecule has 1 aromatic carbocycles. The van der Waals surface area contributed by atoms with Crippen LogP contribution in [0.4, 0.5) is 0 Å². The summed E-state index contributed by atoms with van der Waals surface area (Å²) >= 11 is 0. The van der Waals surface area contributed by atoms with E-state index in [1.54, 1.807) is 0 Å². The molecule has 0 amide bonds. The van der Waals surface area contributed by atoms with Gasteiger partial charge in [0, 0.05) is 12.5 Å². The van der Waals surface area contributed by atoms with Gasteiger partial charge in [-0.25, -0.2) is 0 Å². The zero-order valence-electron chi connectivity index (χ0n) is 10.4. The predicted octanol–water partition coefficient (Wildman–Crippen LogP) is 2.67. The number of rotatable bonds is 5. The Morgan fingerprint density at radius 2 is 1.82 bits per heavy atom. The largest absolute Gasteiger partial charge is 0.392 e. The van der Waals surface area contributed by atoms with E-state index < -0.39 is 0 Å². The first-order valence-corrected chi connectivity index (χ1v) is 6.74. The van der Waals surface area contributed by atoms with Crippen molar-refractivity contribution < 1.29 is 5.11 Å². The summed E-state index contributed by atoms with van der Waals surface area (Å²) in [6, 6.07) is 10.2. The summed E-state index contributed by atoms with van der Waals surface area (Å²) in [5, 5.41) is 10.3. The van der Waals surface area contributed by atoms with Crippen molar-refractivity contribution >= 4 is 0 Å². The van der Waals surface area contributed by atoms with Gasteiger partial charge in [-0.15, -0.1) is 0 Å². The maximum absolute atomic E-state index is 10.3. The van der Waals surface area contributed by atoms with E-state index in [-0.39, 0.29) is 12.0 Å². The molecule has 2 heteroatoms. The van der Waals surface area contributed by atoms with E-state index in [0.717, 1.165) is 6.42 Å². The van der Waals surface area contributed by atoms with Crippen molar-refractivity contribution in [2.75, 3.05) is 6.54 Å². The van der Waals surface area contributed by atoms with Gasteiger partial charge < -0.3 is 10.8 Å². The Bertz CT molecular complexity index is 319. The number of benzene rings is 1. The second-order valence-electron chi connectivity index (χ2n) is 5.21. The zero-order chi connectivity index (χ0) is 12.1. The average Bonchev–Trinajstić information content (AvgIpc) is 2.84. The quantitative estimate of drug-likeness (QED) is 0.821. The first-order valence-electron chi connectivity index (χ1n) is 6.74. The first-order chi connectivity index (χ1) is 8.31. The van der Waals surface area contributed by atoms with Gasteiger partial charge in [0.2, 0.25) is 0 Å². The Morgan fingerprint density at radius 3 is 2.41 bits per heavy atom. The summed E-state index contributed by atoms with van der Waals surface area (Å²) in [6.45, 7) is 0.526. The van der Waals surface area contributed by atoms with Crippen molar-refractivity contribution in [3.63, 3.8) is 0 Å². The van der Waals surface area contributed by atoms with Crippen LogP contribution in [0.5, 0.6) is 0 Å². The molecule has 0 heterocycles. The molecule has 0 bridgehead atoms. The summed E-state index contributed by atoms with van der Waals surface area (Å²) in [6.07, 6.45) is 5.85. The summed E-state index contributed by atoms with van der Waals surface area (Å²) in [5.41, 5.74) is 6.99. The van der Waals surface area contributed by atoms with Gasteiger partial charge in [0.1, 0.15) is 0 Å². The smallest absolute Gasteiger partial charge is 0.0623 e. The zero-order valence-corrected chi connectivity index (χ0v) is 10.4. The molecule has 0 radical (unpaired) electrons. The third-order valence-electron chi connectivity index (χ3n) is 4.00. The topological polar surface area (TPSA) is 46.2 Å². The number of hydrogen-bond donors (Lipinski definition) is 2. The molecule has 3 N–H and O–H groups in total. The van der Waals surface area contributed by atoms with Crippen molar-refractivity contribution in [1.82, 2.24) is 0 Å². The SMILES string of the molecule is NCC(c1ccccc1)C(O)CC1CCCC1. The van der Waals surface area contributed by atoms with Crippen LogP contribution in [0.2, 0.25) is 0 Å². The highest BCUT2D eigenvalue weighted by molar-refractivity contribution is 5.21. The third kappa shape index (κ3) is 3.30. The predicted molar refractivity (Wildman–Crippen MR) is 70.8 cm³/mol. The minimum atomic E-state index is -0.287. The van der Waals surface area contributed by atoms with Crippen LogP contribution in [0.15, 0.2) is 30.3 Å². The lowest BCUT2D eigenvalue weighted by Gasteiger charge is -2.24. The van der Waals surface area contributed by atoms with Crippen LogP contribution < -0.4 is 5.73 Å². The van der Waals surface area contributed by atoms with Crippen LogP contribution in [-0.2, 0) is 0 Å². The fourth-order valence-corrected chi connectivity index (χ4v) is 2.97. The molecule has 0 spiro atoms. The molecule has 2 atom stereocenters. The number of nitrogens with two attached hydrogens (primary N) is 1. The van der Waals surface area contributed by atoms with E-state index in [4.69, 9.17) is 5.73 Å². The van der Waals surface area contributed by atoms with Gasteiger partial charge in [-0.2, -0.15) is 0 Å². The lowest BCUT2D eigenvalue weighted by Crippen LogP contribution is -2.27. The molecule has 2 unspecified atom stereocenters. The van der Waals surface area contributed by atoms with Gasteiger partial charge in [-0.3, -0.25) is 0 Å². The molecule has 0 aliphatic heterocycles. The lowest BCUT2D eigenvalue weighted by atomic mass is 9.87. The van der Waals surface area contributed by atoms with Crippen LogP contribution in [-0.4, -0.2) is 17.8 Å². The van der Waals surface area contributed by atoms with Crippen molar-refractivity contribution in [1.29, 1.82) is 0 Å². The summed E-state index contributed by atoms with van der Waals surface area (Å²) < 4.78 is 0. The van der Waals surface area contributed by atoms with Crippen molar-refractivity contribution in [2.24, 2.45) is 11.7 Å². The maximum atomic E-state index is 10.3. The third-order valence-corrected chi connectivity index (χ3v) is 4.00. The first kappa shape index (κ1) is 12.6. The molecular weight excluding hydrogens is 210 g/mol. The van der Waals surface area contributed by atoms with Crippen LogP contribution in [0.1, 0.15) is 43.6 Å². The minimum absolute atomic E-state index is 0.0943. The monoisotopic (exact) mass is 233 g/mol. The van der Waals surface area contributed by atoms with E-state index in [0.29, 0.717) is 12.5 Å². The van der Waals surface area contributed by atoms with Crippen LogP contribution in [0.25, 0.3) is 0 Å². The van der Waals surface area contributed by atoms with Gasteiger partial charge in [-0.1, -0.05) is 56.0 Å². The van der Waals surface area contributed by atoms with Crippen molar-refractivity contribution in [2.45, 2.75) is 44.1 Å². The molecule has 1 aliphatic rings. The van der Waals surface area contributed by atoms with E-state index in [1.165, 1.54) is 31.2 Å². The molecule has 1 aromatic rings. The molecule has 2 nitrogen and oxygen atoms in total. The highest BCUT2D eigenvalue weighted by Gasteiger charge is 2.25. The van der Waals surface area contributed by atoms with Crippen LogP contribution in [0.3, 0.4) is 0 Å². The normalized spacial score (nSPS) is 20.4. The molecule has 94 valence electrons. The van der Waals surface area contributed by atoms with Gasteiger partial charge in [-0.05, 0) is 17.9 Å². The second kappa shape index (κ2) is 6.18. The summed E-state index contributed by atoms with van der Waals surface area (Å²) in [4.78, 5) is 0. The molecule has 0 aromatic heterocycles. The molecular formula is C15H23NO. The van der Waals surface area contributed by atoms with Crippen LogP contribution >= 0.6 is 0 Å². The number of aliphatic hydroxyl groups excluding tert-OH is 1. The summed E-state index contributed by atoms with van der Waals surface area (Å²) in [5.74, 6) is 0.805. The maximum Gasteiger partial charge on any atom is 0.0623 e. The van der Waals surface area contributed by atoms with Crippen molar-refractivity contribution in [3.8, 4) is 0 Å². The standard InChI is InChI=1S/C15H23NO/c16-11-14(13-8-2-1-3-9-13)15(17)10-12-6-4-5-7-12/h1-3,8-9,12,14-15,17H,4-7,10-11,16H2. The Morgan fingerprint density at radius 1 is 1.18 bits per heavy atom. The molecule has 2 rings (SSSR count). The van der Waals surface area contributed by atoms with E-state index in [1.807, 2.05) is 18.2 Å². The average molecular weight is 233 g/mol. The van der Waals surface area contributed by atoms with Gasteiger partial charge >= 0.3 is 0 Å². The second-order valence-corrected chi connectivity index (χ2v) is 5.21. The van der Waals surface area contributed by atoms with E-state index >= 15 is 0 Å². The molecule has 1 fully saturated rings. The molecule has 1 saturated carbocycles. The Balaban J connectivity index is 1.97. The Kier molecular flexibility index (Phi) is 4.57. The van der Waals surface area contributed by atoms with Gasteiger partial charge in [0.15, 0.2) is 0 Å². The Hall–Kier alpha value is -0.860. The lowest BCUT2D eigenvalue weighted by molar-refractivity contribution is 0.116. The van der Waals surface area contributed by atoms with E-state index in [9.17, 15) is 5.11 Å². The van der Waals surface area contributed by atoms with Crippen molar-refractivity contribution in [3.05, 3.63) is 35.9 Å². The van der Waals surface area contributed by atoms with Gasteiger partial charge in [0.05, 0.1) is 6.10 Å². The molecule has 0 saturated heterocycles.